The van der Waals surface area contributed by atoms with Crippen LogP contribution in [0.25, 0.3) is 0 Å². The normalized spacial score (nSPS) is 9.80. The molecule has 8 N–H and O–H groups in total. The summed E-state index contributed by atoms with van der Waals surface area (Å²) in [4.78, 5) is 0. The van der Waals surface area contributed by atoms with Crippen LogP contribution >= 0.6 is 0 Å². The van der Waals surface area contributed by atoms with E-state index in [2.05, 4.69) is 192 Å². The lowest BCUT2D eigenvalue weighted by Crippen LogP contribution is -1.90. The average molecular weight is 1030 g/mol. The molecule has 0 saturated heterocycles. The molecule has 0 unspecified atom stereocenters. The largest absolute Gasteiger partial charge is 0.399 e. The maximum atomic E-state index is 5.77. The Morgan fingerprint density at radius 2 is 0.287 bits per heavy atom. The highest BCUT2D eigenvalue weighted by atomic mass is 14.5. The van der Waals surface area contributed by atoms with E-state index in [4.69, 9.17) is 22.9 Å². The van der Waals surface area contributed by atoms with Crippen LogP contribution in [0.4, 0.5) is 22.7 Å². The van der Waals surface area contributed by atoms with E-state index in [1.807, 2.05) is 121 Å². The number of hydrogen-bond donors (Lipinski definition) is 4. The van der Waals surface area contributed by atoms with Crippen LogP contribution in [0.2, 0.25) is 0 Å². The first-order valence-electron chi connectivity index (χ1n) is 26.2. The van der Waals surface area contributed by atoms with Crippen molar-refractivity contribution in [3.05, 3.63) is 332 Å². The summed E-state index contributed by atoms with van der Waals surface area (Å²) in [6, 6.07) is 81.0. The van der Waals surface area contributed by atoms with Gasteiger partial charge in [0.1, 0.15) is 0 Å². The van der Waals surface area contributed by atoms with Crippen molar-refractivity contribution in [2.24, 2.45) is 0 Å². The second-order valence-corrected chi connectivity index (χ2v) is 19.1. The lowest BCUT2D eigenvalue weighted by Gasteiger charge is -2.03. The first-order chi connectivity index (χ1) is 39.2. The van der Waals surface area contributed by atoms with Crippen LogP contribution < -0.4 is 22.9 Å². The van der Waals surface area contributed by atoms with E-state index in [0.717, 1.165) is 92.9 Å². The van der Waals surface area contributed by atoms with Crippen LogP contribution in [0.5, 0.6) is 0 Å². The second-order valence-electron chi connectivity index (χ2n) is 19.1. The van der Waals surface area contributed by atoms with Crippen LogP contribution in [0.1, 0.15) is 89.0 Å². The summed E-state index contributed by atoms with van der Waals surface area (Å²) in [5.41, 5.74) is 43.7. The first kappa shape index (κ1) is 53.6. The molecular formula is C76H56N4. The summed E-state index contributed by atoms with van der Waals surface area (Å²) in [5, 5.41) is 0. The molecule has 0 bridgehead atoms. The summed E-state index contributed by atoms with van der Waals surface area (Å²) in [7, 11) is 0. The van der Waals surface area contributed by atoms with E-state index in [0.29, 0.717) is 0 Å². The van der Waals surface area contributed by atoms with Crippen LogP contribution in [0, 0.1) is 71.0 Å². The van der Waals surface area contributed by atoms with Crippen molar-refractivity contribution >= 4 is 22.7 Å². The van der Waals surface area contributed by atoms with Crippen molar-refractivity contribution in [1.29, 1.82) is 0 Å². The standard InChI is InChI=1S/C40H28N2.C36H28N2/c41-39-25-21-37(22-26-39)29-35-17-13-33(14-18-35)7-3-1-5-31-9-11-32(12-10-31)6-2-4-8-34-15-19-36(20-16-34)30-38-23-27-40(42)28-24-38;37-35-21-17-33(18-22-35)25-31-13-9-29(10-14-31)7-5-27-1-2-28(4-3-27)6-8-30-11-15-32(16-12-30)26-34-19-23-36(38)24-20-34/h9-28H,29-30,41-42H2;1-4,9-24H,25-26,37-38H2. The minimum atomic E-state index is 0.779. The Hall–Kier alpha value is -11.2. The maximum Gasteiger partial charge on any atom is 0.0314 e. The SMILES string of the molecule is Nc1ccc(Cc2ccc(C#CC#Cc3ccc(C#CC#Cc4ccc(Cc5ccc(N)cc5)cc4)cc3)cc2)cc1.Nc1ccc(Cc2ccc(C#Cc3ccc(C#Cc4ccc(Cc5ccc(N)cc5)cc4)cc3)cc2)cc1. The molecule has 0 aliphatic carbocycles. The minimum absolute atomic E-state index is 0.779. The predicted octanol–water partition coefficient (Wildman–Crippen LogP) is 13.7. The van der Waals surface area contributed by atoms with Crippen molar-refractivity contribution < 1.29 is 0 Å². The number of anilines is 4. The van der Waals surface area contributed by atoms with Gasteiger partial charge in [0.25, 0.3) is 0 Å². The van der Waals surface area contributed by atoms with Crippen molar-refractivity contribution in [3.63, 3.8) is 0 Å². The molecule has 0 aliphatic rings. The average Bonchev–Trinajstić information content (AvgIpc) is 3.49. The van der Waals surface area contributed by atoms with Gasteiger partial charge in [-0.2, -0.15) is 0 Å². The van der Waals surface area contributed by atoms with E-state index < -0.39 is 0 Å². The van der Waals surface area contributed by atoms with Crippen LogP contribution in [0.15, 0.2) is 243 Å². The highest BCUT2D eigenvalue weighted by molar-refractivity contribution is 5.52. The Morgan fingerprint density at radius 1 is 0.163 bits per heavy atom. The summed E-state index contributed by atoms with van der Waals surface area (Å²) >= 11 is 0. The molecule has 0 radical (unpaired) electrons. The highest BCUT2D eigenvalue weighted by Gasteiger charge is 2.02. The third-order valence-corrected chi connectivity index (χ3v) is 12.8. The Morgan fingerprint density at radius 3 is 0.450 bits per heavy atom. The van der Waals surface area contributed by atoms with Gasteiger partial charge >= 0.3 is 0 Å². The van der Waals surface area contributed by atoms with Gasteiger partial charge in [0.15, 0.2) is 0 Å². The van der Waals surface area contributed by atoms with Crippen molar-refractivity contribution in [1.82, 2.24) is 0 Å². The van der Waals surface area contributed by atoms with E-state index >= 15 is 0 Å². The monoisotopic (exact) mass is 1020 g/mol. The van der Waals surface area contributed by atoms with Crippen molar-refractivity contribution in [2.45, 2.75) is 25.7 Å². The topological polar surface area (TPSA) is 104 Å². The van der Waals surface area contributed by atoms with Crippen LogP contribution in [-0.2, 0) is 25.7 Å². The molecule has 0 amide bonds. The van der Waals surface area contributed by atoms with Crippen LogP contribution in [0.3, 0.4) is 0 Å². The molecule has 0 heterocycles. The lowest BCUT2D eigenvalue weighted by molar-refractivity contribution is 1.19. The molecule has 80 heavy (non-hydrogen) atoms. The van der Waals surface area contributed by atoms with E-state index in [1.165, 1.54) is 44.5 Å². The zero-order valence-corrected chi connectivity index (χ0v) is 44.2. The van der Waals surface area contributed by atoms with Crippen LogP contribution in [-0.4, -0.2) is 0 Å². The van der Waals surface area contributed by atoms with Gasteiger partial charge in [0.2, 0.25) is 0 Å². The summed E-state index contributed by atoms with van der Waals surface area (Å²) in [5.74, 6) is 37.1. The third kappa shape index (κ3) is 17.4. The van der Waals surface area contributed by atoms with Gasteiger partial charge in [-0.25, -0.2) is 0 Å². The molecule has 10 rings (SSSR count). The van der Waals surface area contributed by atoms with Gasteiger partial charge in [-0.15, -0.1) is 0 Å². The van der Waals surface area contributed by atoms with E-state index in [9.17, 15) is 0 Å². The Kier molecular flexibility index (Phi) is 18.4. The molecule has 10 aromatic carbocycles. The zero-order valence-electron chi connectivity index (χ0n) is 44.2. The summed E-state index contributed by atoms with van der Waals surface area (Å²) < 4.78 is 0. The Balaban J connectivity index is 0.000000195. The van der Waals surface area contributed by atoms with Gasteiger partial charge in [-0.3, -0.25) is 0 Å². The molecule has 0 saturated carbocycles. The number of benzene rings is 10. The molecule has 4 nitrogen and oxygen atoms in total. The fourth-order valence-electron chi connectivity index (χ4n) is 8.28. The summed E-state index contributed by atoms with van der Waals surface area (Å²) in [6.45, 7) is 0. The molecule has 10 aromatic rings. The predicted molar refractivity (Wildman–Crippen MR) is 333 cm³/mol. The van der Waals surface area contributed by atoms with Gasteiger partial charge in [-0.1, -0.05) is 144 Å². The second kappa shape index (κ2) is 27.5. The van der Waals surface area contributed by atoms with Gasteiger partial charge < -0.3 is 22.9 Å². The first-order valence-corrected chi connectivity index (χ1v) is 26.2. The molecular weight excluding hydrogens is 969 g/mol. The van der Waals surface area contributed by atoms with Crippen molar-refractivity contribution in [2.75, 3.05) is 22.9 Å². The lowest BCUT2D eigenvalue weighted by atomic mass is 10.0. The zero-order chi connectivity index (χ0) is 55.1. The number of rotatable bonds is 8. The molecule has 0 atom stereocenters. The molecule has 0 spiro atoms. The highest BCUT2D eigenvalue weighted by Crippen LogP contribution is 2.17. The Labute approximate surface area is 471 Å². The molecule has 380 valence electrons. The quantitative estimate of drug-likeness (QED) is 0.0899. The maximum absolute atomic E-state index is 5.77. The minimum Gasteiger partial charge on any atom is -0.399 e. The smallest absolute Gasteiger partial charge is 0.0314 e. The Bertz CT molecular complexity index is 3800. The van der Waals surface area contributed by atoms with E-state index in [1.54, 1.807) is 0 Å². The van der Waals surface area contributed by atoms with E-state index in [-0.39, 0.29) is 0 Å². The third-order valence-electron chi connectivity index (χ3n) is 12.8. The fourth-order valence-corrected chi connectivity index (χ4v) is 8.28. The fraction of sp³-hybridized carbons (Fsp3) is 0.0526. The molecule has 0 aromatic heterocycles. The number of nitrogens with two attached hydrogens (primary N) is 4. The van der Waals surface area contributed by atoms with Gasteiger partial charge in [-0.05, 0) is 239 Å². The molecule has 0 aliphatic heterocycles. The van der Waals surface area contributed by atoms with Crippen molar-refractivity contribution in [3.8, 4) is 71.0 Å². The van der Waals surface area contributed by atoms with Gasteiger partial charge in [0, 0.05) is 67.3 Å². The van der Waals surface area contributed by atoms with Gasteiger partial charge in [0.05, 0.1) is 0 Å². The molecule has 0 fully saturated rings. The molecule has 4 heteroatoms. The summed E-state index contributed by atoms with van der Waals surface area (Å²) in [6.07, 6.45) is 3.48. The number of nitrogen functional groups attached to an aromatic ring is 4. The number of hydrogen-bond acceptors (Lipinski definition) is 4.